The van der Waals surface area contributed by atoms with Crippen LogP contribution in [-0.2, 0) is 0 Å². The minimum Gasteiger partial charge on any atom is -0.497 e. The van der Waals surface area contributed by atoms with Gasteiger partial charge in [-0.2, -0.15) is 0 Å². The quantitative estimate of drug-likeness (QED) is 0.769. The maximum Gasteiger partial charge on any atom is 0.137 e. The van der Waals surface area contributed by atoms with Crippen molar-refractivity contribution in [3.8, 4) is 11.5 Å². The maximum atomic E-state index is 5.14. The number of ether oxygens (including phenoxy) is 2. The monoisotopic (exact) mass is 342 g/mol. The van der Waals surface area contributed by atoms with Crippen molar-refractivity contribution in [2.24, 2.45) is 0 Å². The summed E-state index contributed by atoms with van der Waals surface area (Å²) in [7, 11) is 3.27. The van der Waals surface area contributed by atoms with Gasteiger partial charge in [-0.05, 0) is 44.6 Å². The number of benzene rings is 1. The van der Waals surface area contributed by atoms with E-state index in [1.807, 2.05) is 12.1 Å². The molecule has 0 aliphatic rings. The van der Waals surface area contributed by atoms with E-state index >= 15 is 0 Å². The molecule has 0 N–H and O–H groups in total. The van der Waals surface area contributed by atoms with E-state index in [1.165, 1.54) is 0 Å². The molecular formula is C8H8BrIO2. The van der Waals surface area contributed by atoms with E-state index in [4.69, 9.17) is 9.47 Å². The lowest BCUT2D eigenvalue weighted by Crippen LogP contribution is -1.90. The predicted molar refractivity (Wildman–Crippen MR) is 60.0 cm³/mol. The fourth-order valence-electron chi connectivity index (χ4n) is 0.807. The normalized spacial score (nSPS) is 9.67. The highest BCUT2D eigenvalue weighted by atomic mass is 127. The molecule has 0 spiro atoms. The van der Waals surface area contributed by atoms with Gasteiger partial charge in [0.2, 0.25) is 0 Å². The molecule has 0 aromatic heterocycles. The van der Waals surface area contributed by atoms with Gasteiger partial charge in [0, 0.05) is 9.64 Å². The maximum absolute atomic E-state index is 5.14. The van der Waals surface area contributed by atoms with Crippen molar-refractivity contribution in [1.29, 1.82) is 0 Å². The lowest BCUT2D eigenvalue weighted by atomic mass is 10.3. The second-order valence-corrected chi connectivity index (χ2v) is 4.08. The van der Waals surface area contributed by atoms with Crippen molar-refractivity contribution in [2.45, 2.75) is 0 Å². The fraction of sp³-hybridized carbons (Fsp3) is 0.250. The third-order valence-electron chi connectivity index (χ3n) is 1.42. The molecule has 0 heterocycles. The standard InChI is InChI=1S/C8H8BrIO2/c1-11-5-3-6(10)8(9)7(4-5)12-2/h3-4H,1-2H3. The van der Waals surface area contributed by atoms with Crippen LogP contribution < -0.4 is 9.47 Å². The Kier molecular flexibility index (Phi) is 3.64. The predicted octanol–water partition coefficient (Wildman–Crippen LogP) is 3.07. The Morgan fingerprint density at radius 2 is 1.92 bits per heavy atom. The first kappa shape index (κ1) is 10.1. The third-order valence-corrected chi connectivity index (χ3v) is 3.83. The van der Waals surface area contributed by atoms with Gasteiger partial charge in [0.05, 0.1) is 18.7 Å². The minimum absolute atomic E-state index is 0.791. The summed E-state index contributed by atoms with van der Waals surface area (Å²) in [5.41, 5.74) is 0. The first-order chi connectivity index (χ1) is 5.69. The molecule has 0 saturated heterocycles. The van der Waals surface area contributed by atoms with Gasteiger partial charge in [-0.25, -0.2) is 0 Å². The van der Waals surface area contributed by atoms with Crippen molar-refractivity contribution in [2.75, 3.05) is 14.2 Å². The van der Waals surface area contributed by atoms with E-state index < -0.39 is 0 Å². The fourth-order valence-corrected chi connectivity index (χ4v) is 1.77. The Hall–Kier alpha value is 0.0300. The van der Waals surface area contributed by atoms with E-state index in [0.717, 1.165) is 19.5 Å². The van der Waals surface area contributed by atoms with Crippen LogP contribution in [-0.4, -0.2) is 14.2 Å². The smallest absolute Gasteiger partial charge is 0.137 e. The molecule has 0 fully saturated rings. The van der Waals surface area contributed by atoms with Gasteiger partial charge in [0.1, 0.15) is 11.5 Å². The van der Waals surface area contributed by atoms with Gasteiger partial charge in [-0.1, -0.05) is 0 Å². The Bertz CT molecular complexity index is 289. The second-order valence-electron chi connectivity index (χ2n) is 2.13. The molecule has 0 amide bonds. The average molecular weight is 343 g/mol. The van der Waals surface area contributed by atoms with Crippen LogP contribution in [0.4, 0.5) is 0 Å². The van der Waals surface area contributed by atoms with E-state index in [2.05, 4.69) is 38.5 Å². The van der Waals surface area contributed by atoms with Crippen LogP contribution in [0.1, 0.15) is 0 Å². The molecule has 0 radical (unpaired) electrons. The Morgan fingerprint density at radius 3 is 2.42 bits per heavy atom. The largest absolute Gasteiger partial charge is 0.497 e. The van der Waals surface area contributed by atoms with Crippen LogP contribution in [0.15, 0.2) is 16.6 Å². The number of hydrogen-bond acceptors (Lipinski definition) is 2. The molecule has 0 aliphatic carbocycles. The summed E-state index contributed by atoms with van der Waals surface area (Å²) in [5.74, 6) is 1.60. The lowest BCUT2D eigenvalue weighted by molar-refractivity contribution is 0.392. The lowest BCUT2D eigenvalue weighted by Gasteiger charge is -2.07. The molecule has 0 atom stereocenters. The molecule has 0 aliphatic heterocycles. The molecule has 1 aromatic carbocycles. The first-order valence-corrected chi connectivity index (χ1v) is 5.13. The number of methoxy groups -OCH3 is 2. The summed E-state index contributed by atoms with van der Waals surface area (Å²) >= 11 is 5.63. The van der Waals surface area contributed by atoms with Crippen LogP contribution in [0.25, 0.3) is 0 Å². The molecule has 4 heteroatoms. The molecular weight excluding hydrogens is 335 g/mol. The van der Waals surface area contributed by atoms with E-state index in [0.29, 0.717) is 0 Å². The highest BCUT2D eigenvalue weighted by molar-refractivity contribution is 14.1. The van der Waals surface area contributed by atoms with Gasteiger partial charge < -0.3 is 9.47 Å². The average Bonchev–Trinajstić information content (AvgIpc) is 2.09. The van der Waals surface area contributed by atoms with Crippen LogP contribution >= 0.6 is 38.5 Å². The van der Waals surface area contributed by atoms with Crippen molar-refractivity contribution >= 4 is 38.5 Å². The summed E-state index contributed by atoms with van der Waals surface area (Å²) in [4.78, 5) is 0. The molecule has 1 rings (SSSR count). The topological polar surface area (TPSA) is 18.5 Å². The Balaban J connectivity index is 3.19. The molecule has 0 unspecified atom stereocenters. The molecule has 0 saturated carbocycles. The van der Waals surface area contributed by atoms with Gasteiger partial charge >= 0.3 is 0 Å². The number of rotatable bonds is 2. The zero-order chi connectivity index (χ0) is 9.14. The molecule has 2 nitrogen and oxygen atoms in total. The first-order valence-electron chi connectivity index (χ1n) is 3.26. The summed E-state index contributed by atoms with van der Waals surface area (Å²) in [5, 5.41) is 0. The molecule has 66 valence electrons. The van der Waals surface area contributed by atoms with Crippen LogP contribution in [0.3, 0.4) is 0 Å². The molecule has 0 bridgehead atoms. The summed E-state index contributed by atoms with van der Waals surface area (Å²) < 4.78 is 12.3. The second kappa shape index (κ2) is 4.32. The van der Waals surface area contributed by atoms with E-state index in [9.17, 15) is 0 Å². The van der Waals surface area contributed by atoms with Crippen LogP contribution in [0.5, 0.6) is 11.5 Å². The summed E-state index contributed by atoms with van der Waals surface area (Å²) in [6, 6.07) is 3.78. The Labute approximate surface area is 93.5 Å². The van der Waals surface area contributed by atoms with Gasteiger partial charge in [0.25, 0.3) is 0 Å². The summed E-state index contributed by atoms with van der Waals surface area (Å²) in [6.45, 7) is 0. The minimum atomic E-state index is 0.791. The van der Waals surface area contributed by atoms with Crippen LogP contribution in [0, 0.1) is 3.57 Å². The molecule has 1 aromatic rings. The van der Waals surface area contributed by atoms with Crippen molar-refractivity contribution in [3.63, 3.8) is 0 Å². The third kappa shape index (κ3) is 2.04. The van der Waals surface area contributed by atoms with E-state index in [-0.39, 0.29) is 0 Å². The highest BCUT2D eigenvalue weighted by Gasteiger charge is 2.06. The van der Waals surface area contributed by atoms with Gasteiger partial charge in [0.15, 0.2) is 0 Å². The van der Waals surface area contributed by atoms with Crippen molar-refractivity contribution < 1.29 is 9.47 Å². The van der Waals surface area contributed by atoms with E-state index in [1.54, 1.807) is 14.2 Å². The zero-order valence-corrected chi connectivity index (χ0v) is 10.5. The van der Waals surface area contributed by atoms with Crippen LogP contribution in [0.2, 0.25) is 0 Å². The van der Waals surface area contributed by atoms with Gasteiger partial charge in [-0.15, -0.1) is 0 Å². The zero-order valence-electron chi connectivity index (χ0n) is 6.73. The number of hydrogen-bond donors (Lipinski definition) is 0. The molecule has 12 heavy (non-hydrogen) atoms. The van der Waals surface area contributed by atoms with Crippen molar-refractivity contribution in [3.05, 3.63) is 20.2 Å². The van der Waals surface area contributed by atoms with Crippen molar-refractivity contribution in [1.82, 2.24) is 0 Å². The summed E-state index contributed by atoms with van der Waals surface area (Å²) in [6.07, 6.45) is 0. The SMILES string of the molecule is COc1cc(I)c(Br)c(OC)c1. The van der Waals surface area contributed by atoms with Gasteiger partial charge in [-0.3, -0.25) is 0 Å². The Morgan fingerprint density at radius 1 is 1.25 bits per heavy atom. The number of halogens is 2. The highest BCUT2D eigenvalue weighted by Crippen LogP contribution is 2.33.